The van der Waals surface area contributed by atoms with Crippen molar-refractivity contribution in [1.82, 2.24) is 4.98 Å². The summed E-state index contributed by atoms with van der Waals surface area (Å²) in [6.07, 6.45) is 1.24. The van der Waals surface area contributed by atoms with Crippen LogP contribution in [-0.4, -0.2) is 21.8 Å². The maximum Gasteiger partial charge on any atom is 0.352 e. The van der Waals surface area contributed by atoms with Gasteiger partial charge in [0, 0.05) is 16.2 Å². The molecule has 0 atom stereocenters. The Balaban J connectivity index is 2.41. The zero-order valence-corrected chi connectivity index (χ0v) is 10.5. The molecule has 1 aromatic heterocycles. The summed E-state index contributed by atoms with van der Waals surface area (Å²) < 4.78 is 14.1. The van der Waals surface area contributed by atoms with Crippen LogP contribution < -0.4 is 0 Å². The first-order chi connectivity index (χ1) is 8.49. The summed E-state index contributed by atoms with van der Waals surface area (Å²) in [7, 11) is 0. The lowest BCUT2D eigenvalue weighted by Gasteiger charge is -2.01. The first-order valence-corrected chi connectivity index (χ1v) is 5.70. The van der Waals surface area contributed by atoms with Crippen LogP contribution in [0.4, 0.5) is 4.39 Å². The molecule has 0 aliphatic rings. The normalized spacial score (nSPS) is 10.3. The molecular formula is C12H7BrFNO3. The quantitative estimate of drug-likeness (QED) is 0.856. The minimum absolute atomic E-state index is 0.101. The summed E-state index contributed by atoms with van der Waals surface area (Å²) in [5.41, 5.74) is -0.126. The van der Waals surface area contributed by atoms with Crippen molar-refractivity contribution in [1.29, 1.82) is 0 Å². The summed E-state index contributed by atoms with van der Waals surface area (Å²) in [6, 6.07) is 5.17. The number of nitrogens with one attached hydrogen (secondary N) is 1. The fraction of sp³-hybridized carbons (Fsp3) is 0. The Labute approximate surface area is 110 Å². The molecule has 2 N–H and O–H groups in total. The number of ketones is 1. The Hall–Kier alpha value is -1.95. The van der Waals surface area contributed by atoms with E-state index in [1.165, 1.54) is 30.5 Å². The highest BCUT2D eigenvalue weighted by atomic mass is 79.9. The minimum Gasteiger partial charge on any atom is -0.477 e. The van der Waals surface area contributed by atoms with Crippen LogP contribution in [0, 0.1) is 5.82 Å². The van der Waals surface area contributed by atoms with Gasteiger partial charge in [0.2, 0.25) is 0 Å². The number of carbonyl (C=O) groups excluding carboxylic acids is 1. The molecule has 4 nitrogen and oxygen atoms in total. The molecule has 0 bridgehead atoms. The molecule has 0 aliphatic carbocycles. The number of hydrogen-bond donors (Lipinski definition) is 2. The molecule has 1 aromatic carbocycles. The number of benzene rings is 1. The number of carboxylic acid groups (broad SMARTS) is 1. The van der Waals surface area contributed by atoms with Crippen LogP contribution in [-0.2, 0) is 0 Å². The monoisotopic (exact) mass is 311 g/mol. The number of carboxylic acids is 1. The van der Waals surface area contributed by atoms with Gasteiger partial charge in [-0.1, -0.05) is 15.9 Å². The van der Waals surface area contributed by atoms with E-state index in [2.05, 4.69) is 20.9 Å². The van der Waals surface area contributed by atoms with E-state index in [9.17, 15) is 14.0 Å². The van der Waals surface area contributed by atoms with Gasteiger partial charge < -0.3 is 10.1 Å². The summed E-state index contributed by atoms with van der Waals surface area (Å²) in [5.74, 6) is -2.40. The van der Waals surface area contributed by atoms with Crippen molar-refractivity contribution in [3.05, 3.63) is 57.6 Å². The van der Waals surface area contributed by atoms with Crippen LogP contribution in [0.3, 0.4) is 0 Å². The van der Waals surface area contributed by atoms with Crippen LogP contribution in [0.15, 0.2) is 34.9 Å². The van der Waals surface area contributed by atoms with Gasteiger partial charge in [-0.3, -0.25) is 4.79 Å². The third-order valence-corrected chi connectivity index (χ3v) is 2.84. The molecule has 0 saturated heterocycles. The third kappa shape index (κ3) is 2.33. The zero-order valence-electron chi connectivity index (χ0n) is 8.91. The van der Waals surface area contributed by atoms with E-state index in [-0.39, 0.29) is 16.8 Å². The molecule has 2 rings (SSSR count). The van der Waals surface area contributed by atoms with E-state index in [4.69, 9.17) is 5.11 Å². The molecule has 2 aromatic rings. The van der Waals surface area contributed by atoms with E-state index in [1.807, 2.05) is 0 Å². The maximum atomic E-state index is 13.5. The van der Waals surface area contributed by atoms with Crippen molar-refractivity contribution >= 4 is 27.7 Å². The van der Waals surface area contributed by atoms with Crippen molar-refractivity contribution in [3.63, 3.8) is 0 Å². The lowest BCUT2D eigenvalue weighted by molar-refractivity contribution is 0.0691. The molecule has 0 fully saturated rings. The third-order valence-electron chi connectivity index (χ3n) is 2.35. The summed E-state index contributed by atoms with van der Waals surface area (Å²) in [6.45, 7) is 0. The highest BCUT2D eigenvalue weighted by molar-refractivity contribution is 9.10. The Morgan fingerprint density at radius 1 is 1.28 bits per heavy atom. The molecule has 0 saturated carbocycles. The van der Waals surface area contributed by atoms with E-state index in [0.29, 0.717) is 4.47 Å². The largest absolute Gasteiger partial charge is 0.477 e. The molecule has 0 radical (unpaired) electrons. The average molecular weight is 312 g/mol. The average Bonchev–Trinajstić information content (AvgIpc) is 2.81. The summed E-state index contributed by atoms with van der Waals surface area (Å²) in [5, 5.41) is 8.73. The van der Waals surface area contributed by atoms with Crippen molar-refractivity contribution in [3.8, 4) is 0 Å². The highest BCUT2D eigenvalue weighted by Crippen LogP contribution is 2.19. The Morgan fingerprint density at radius 2 is 2.00 bits per heavy atom. The predicted molar refractivity (Wildman–Crippen MR) is 65.3 cm³/mol. The highest BCUT2D eigenvalue weighted by Gasteiger charge is 2.17. The fourth-order valence-electron chi connectivity index (χ4n) is 1.48. The van der Waals surface area contributed by atoms with Crippen molar-refractivity contribution in [2.75, 3.05) is 0 Å². The number of carbonyl (C=O) groups is 2. The molecule has 0 unspecified atom stereocenters. The molecule has 92 valence electrons. The van der Waals surface area contributed by atoms with Gasteiger partial charge in [0.25, 0.3) is 0 Å². The number of halogens is 2. The SMILES string of the molecule is O=C(O)c1cc(C(=O)c2cc(Br)ccc2F)c[nH]1. The maximum absolute atomic E-state index is 13.5. The molecule has 0 spiro atoms. The van der Waals surface area contributed by atoms with Gasteiger partial charge in [-0.2, -0.15) is 0 Å². The summed E-state index contributed by atoms with van der Waals surface area (Å²) >= 11 is 3.14. The number of hydrogen-bond acceptors (Lipinski definition) is 2. The van der Waals surface area contributed by atoms with Gasteiger partial charge in [0.15, 0.2) is 5.78 Å². The van der Waals surface area contributed by atoms with Crippen LogP contribution in [0.2, 0.25) is 0 Å². The van der Waals surface area contributed by atoms with Gasteiger partial charge in [0.1, 0.15) is 11.5 Å². The second-order valence-corrected chi connectivity index (χ2v) is 4.48. The van der Waals surface area contributed by atoms with Crippen molar-refractivity contribution in [2.45, 2.75) is 0 Å². The second-order valence-electron chi connectivity index (χ2n) is 3.56. The van der Waals surface area contributed by atoms with Crippen LogP contribution in [0.25, 0.3) is 0 Å². The van der Waals surface area contributed by atoms with Gasteiger partial charge in [-0.15, -0.1) is 0 Å². The van der Waals surface area contributed by atoms with Crippen LogP contribution >= 0.6 is 15.9 Å². The van der Waals surface area contributed by atoms with Crippen LogP contribution in [0.5, 0.6) is 0 Å². The van der Waals surface area contributed by atoms with E-state index in [0.717, 1.165) is 0 Å². The second kappa shape index (κ2) is 4.73. The Bertz CT molecular complexity index is 636. The zero-order chi connectivity index (χ0) is 13.3. The van der Waals surface area contributed by atoms with E-state index >= 15 is 0 Å². The van der Waals surface area contributed by atoms with Gasteiger partial charge >= 0.3 is 5.97 Å². The minimum atomic E-state index is -1.18. The van der Waals surface area contributed by atoms with Gasteiger partial charge in [-0.25, -0.2) is 9.18 Å². The molecule has 1 heterocycles. The number of H-pyrrole nitrogens is 1. The van der Waals surface area contributed by atoms with E-state index in [1.54, 1.807) is 0 Å². The lowest BCUT2D eigenvalue weighted by Crippen LogP contribution is -2.03. The molecular weight excluding hydrogens is 305 g/mol. The topological polar surface area (TPSA) is 70.2 Å². The Morgan fingerprint density at radius 3 is 2.61 bits per heavy atom. The molecule has 0 aliphatic heterocycles. The first kappa shape index (κ1) is 12.5. The fourth-order valence-corrected chi connectivity index (χ4v) is 1.84. The first-order valence-electron chi connectivity index (χ1n) is 4.90. The Kier molecular flexibility index (Phi) is 3.29. The summed E-state index contributed by atoms with van der Waals surface area (Å²) in [4.78, 5) is 25.1. The predicted octanol–water partition coefficient (Wildman–Crippen LogP) is 2.85. The van der Waals surface area contributed by atoms with Crippen molar-refractivity contribution < 1.29 is 19.1 Å². The molecule has 6 heteroatoms. The number of aromatic nitrogens is 1. The van der Waals surface area contributed by atoms with Crippen molar-refractivity contribution in [2.24, 2.45) is 0 Å². The lowest BCUT2D eigenvalue weighted by atomic mass is 10.1. The number of aromatic carboxylic acids is 1. The van der Waals surface area contributed by atoms with Crippen LogP contribution in [0.1, 0.15) is 26.4 Å². The van der Waals surface area contributed by atoms with E-state index < -0.39 is 17.6 Å². The van der Waals surface area contributed by atoms with Gasteiger partial charge in [-0.05, 0) is 24.3 Å². The number of aromatic amines is 1. The van der Waals surface area contributed by atoms with Gasteiger partial charge in [0.05, 0.1) is 5.56 Å². The molecule has 18 heavy (non-hydrogen) atoms. The molecule has 0 amide bonds. The standard InChI is InChI=1S/C12H7BrFNO3/c13-7-1-2-9(14)8(4-7)11(16)6-3-10(12(17)18)15-5-6/h1-5,15H,(H,17,18). The number of rotatable bonds is 3. The smallest absolute Gasteiger partial charge is 0.352 e.